The minimum atomic E-state index is -3.96. The third-order valence-corrected chi connectivity index (χ3v) is 10.7. The lowest BCUT2D eigenvalue weighted by Crippen LogP contribution is -2.48. The molecule has 3 heterocycles. The van der Waals surface area contributed by atoms with Crippen LogP contribution in [0.4, 0.5) is 16.2 Å². The van der Waals surface area contributed by atoms with E-state index >= 15 is 0 Å². The molecule has 4 rings (SSSR count). The Morgan fingerprint density at radius 2 is 1.78 bits per heavy atom. The lowest BCUT2D eigenvalue weighted by molar-refractivity contribution is -0.00835. The van der Waals surface area contributed by atoms with Gasteiger partial charge in [0.15, 0.2) is 11.5 Å². The molecular weight excluding hydrogens is 656 g/mol. The van der Waals surface area contributed by atoms with Crippen molar-refractivity contribution in [3.05, 3.63) is 46.7 Å². The second-order valence-corrected chi connectivity index (χ2v) is 14.7. The summed E-state index contributed by atoms with van der Waals surface area (Å²) in [6.07, 6.45) is 1.31. The molecule has 4 atom stereocenters. The van der Waals surface area contributed by atoms with Gasteiger partial charge in [-0.3, -0.25) is 4.79 Å². The Morgan fingerprint density at radius 3 is 2.41 bits per heavy atom. The summed E-state index contributed by atoms with van der Waals surface area (Å²) >= 11 is 0. The van der Waals surface area contributed by atoms with Crippen LogP contribution in [0.25, 0.3) is 0 Å². The third-order valence-electron chi connectivity index (χ3n) is 8.65. The molecule has 0 radical (unpaired) electrons. The first-order chi connectivity index (χ1) is 23.1. The van der Waals surface area contributed by atoms with Gasteiger partial charge in [-0.1, -0.05) is 17.2 Å². The molecule has 49 heavy (non-hydrogen) atoms. The Balaban J connectivity index is 1.64. The van der Waals surface area contributed by atoms with Gasteiger partial charge in [0.05, 0.1) is 30.4 Å². The van der Waals surface area contributed by atoms with E-state index in [0.29, 0.717) is 48.0 Å². The van der Waals surface area contributed by atoms with Gasteiger partial charge in [-0.2, -0.15) is 4.31 Å². The molecule has 16 heteroatoms. The molecule has 0 aliphatic carbocycles. The minimum Gasteiger partial charge on any atom is -0.490 e. The van der Waals surface area contributed by atoms with Crippen molar-refractivity contribution in [2.24, 2.45) is 5.92 Å². The number of rotatable bonds is 8. The average molecular weight is 705 g/mol. The topological polar surface area (TPSA) is 190 Å². The van der Waals surface area contributed by atoms with E-state index in [0.717, 1.165) is 6.42 Å². The molecule has 270 valence electrons. The van der Waals surface area contributed by atoms with E-state index in [-0.39, 0.29) is 53.6 Å². The largest absolute Gasteiger partial charge is 0.490 e. The van der Waals surface area contributed by atoms with E-state index in [9.17, 15) is 23.1 Å². The van der Waals surface area contributed by atoms with Gasteiger partial charge in [0.1, 0.15) is 27.7 Å². The van der Waals surface area contributed by atoms with Crippen LogP contribution in [-0.2, 0) is 14.8 Å². The fourth-order valence-corrected chi connectivity index (χ4v) is 7.22. The van der Waals surface area contributed by atoms with Gasteiger partial charge in [-0.05, 0) is 79.0 Å². The number of nitrogens with one attached hydrogen (secondary N) is 2. The molecule has 1 aromatic carbocycles. The molecule has 0 spiro atoms. The molecule has 3 amide bonds. The summed E-state index contributed by atoms with van der Waals surface area (Å²) in [7, 11) is -2.48. The van der Waals surface area contributed by atoms with Gasteiger partial charge in [0, 0.05) is 38.3 Å². The van der Waals surface area contributed by atoms with Crippen molar-refractivity contribution in [3.63, 3.8) is 0 Å². The van der Waals surface area contributed by atoms with Crippen molar-refractivity contribution >= 4 is 33.3 Å². The molecular formula is C33H48N6O9S. The molecule has 0 unspecified atom stereocenters. The van der Waals surface area contributed by atoms with E-state index in [1.54, 1.807) is 52.8 Å². The fraction of sp³-hybridized carbons (Fsp3) is 0.576. The van der Waals surface area contributed by atoms with Crippen molar-refractivity contribution in [1.82, 2.24) is 19.5 Å². The number of sulfonamides is 1. The Kier molecular flexibility index (Phi) is 12.5. The number of ether oxygens (including phenoxy) is 2. The van der Waals surface area contributed by atoms with Crippen LogP contribution in [0.15, 0.2) is 32.1 Å². The number of likely N-dealkylation sites (N-methyl/N-ethyl adjacent to an activating group) is 1. The number of carbonyl (C=O) groups excluding carboxylic acids is 2. The number of aryl methyl sites for hydroxylation is 4. The monoisotopic (exact) mass is 704 g/mol. The predicted octanol–water partition coefficient (Wildman–Crippen LogP) is 4.66. The van der Waals surface area contributed by atoms with Crippen molar-refractivity contribution in [1.29, 1.82) is 0 Å². The number of urea groups is 1. The van der Waals surface area contributed by atoms with Crippen LogP contribution in [-0.4, -0.2) is 96.6 Å². The number of carbonyl (C=O) groups is 2. The Hall–Kier alpha value is -3.99. The van der Waals surface area contributed by atoms with Crippen LogP contribution in [0.5, 0.6) is 5.75 Å². The van der Waals surface area contributed by atoms with E-state index < -0.39 is 34.1 Å². The smallest absolute Gasteiger partial charge is 0.323 e. The number of hydrogen-bond donors (Lipinski definition) is 3. The summed E-state index contributed by atoms with van der Waals surface area (Å²) in [5.74, 6) is 0.188. The fourth-order valence-electron chi connectivity index (χ4n) is 5.75. The average Bonchev–Trinajstić information content (AvgIpc) is 3.56. The first-order valence-corrected chi connectivity index (χ1v) is 17.8. The maximum Gasteiger partial charge on any atom is 0.323 e. The van der Waals surface area contributed by atoms with Gasteiger partial charge in [-0.25, -0.2) is 13.2 Å². The lowest BCUT2D eigenvalue weighted by Gasteiger charge is -2.35. The van der Waals surface area contributed by atoms with Crippen molar-refractivity contribution < 1.29 is 41.6 Å². The number of fused-ring (bicyclic) bond motifs is 1. The molecule has 3 aromatic rings. The first kappa shape index (κ1) is 37.8. The normalized spacial score (nSPS) is 20.3. The molecule has 1 aliphatic heterocycles. The molecule has 2 aromatic heterocycles. The van der Waals surface area contributed by atoms with Gasteiger partial charge < -0.3 is 39.2 Å². The summed E-state index contributed by atoms with van der Waals surface area (Å²) in [5, 5.41) is 23.4. The molecule has 0 saturated heterocycles. The van der Waals surface area contributed by atoms with Crippen LogP contribution >= 0.6 is 0 Å². The zero-order valence-electron chi connectivity index (χ0n) is 29.4. The van der Waals surface area contributed by atoms with E-state index in [2.05, 4.69) is 20.9 Å². The molecule has 0 bridgehead atoms. The molecule has 15 nitrogen and oxygen atoms in total. The lowest BCUT2D eigenvalue weighted by atomic mass is 10.0. The zero-order valence-corrected chi connectivity index (χ0v) is 30.2. The number of hydrogen-bond acceptors (Lipinski definition) is 11. The van der Waals surface area contributed by atoms with E-state index in [1.807, 2.05) is 13.8 Å². The second kappa shape index (κ2) is 16.1. The standard InChI is InChI=1S/C33H48N6O9S/c1-19-16-39(20(2)18-40)32(41)27-15-26(34-33(42)35-30-22(4)36-47-24(30)6)12-13-28(27)46-21(3)11-9-10-14-45-29(19)17-38(8)49(43,44)31-23(5)37-48-25(31)7/h12-13,15,19-21,29,40H,9-11,14,16-18H2,1-8H3,(H2,34,35,42)/t19-,20+,21+,29-/m0/s1. The number of aliphatic hydroxyl groups excluding tert-OH is 1. The number of aromatic nitrogens is 2. The van der Waals surface area contributed by atoms with Crippen molar-refractivity contribution in [2.75, 3.05) is 44.0 Å². The maximum absolute atomic E-state index is 14.4. The SMILES string of the molecule is Cc1noc(C)c1NC(=O)Nc1ccc2c(c1)C(=O)N([C@H](C)CO)C[C@H](C)[C@H](CN(C)S(=O)(=O)c1c(C)noc1C)OCCCC[C@@H](C)O2. The molecule has 1 aliphatic rings. The molecule has 3 N–H and O–H groups in total. The number of benzene rings is 1. The van der Waals surface area contributed by atoms with E-state index in [1.165, 1.54) is 16.3 Å². The van der Waals surface area contributed by atoms with Gasteiger partial charge in [-0.15, -0.1) is 0 Å². The highest BCUT2D eigenvalue weighted by Gasteiger charge is 2.34. The highest BCUT2D eigenvalue weighted by Crippen LogP contribution is 2.30. The summed E-state index contributed by atoms with van der Waals surface area (Å²) in [6, 6.07) is 3.67. The minimum absolute atomic E-state index is 0.00745. The zero-order chi connectivity index (χ0) is 36.0. The van der Waals surface area contributed by atoms with Crippen molar-refractivity contribution in [3.8, 4) is 5.75 Å². The molecule has 0 saturated carbocycles. The van der Waals surface area contributed by atoms with Gasteiger partial charge in [0.2, 0.25) is 10.0 Å². The second-order valence-electron chi connectivity index (χ2n) is 12.7. The number of anilines is 2. The summed E-state index contributed by atoms with van der Waals surface area (Å²) < 4.78 is 51.2. The number of aliphatic hydroxyl groups is 1. The number of nitrogens with zero attached hydrogens (tertiary/aromatic N) is 4. The summed E-state index contributed by atoms with van der Waals surface area (Å²) in [6.45, 7) is 12.2. The number of amides is 3. The Labute approximate surface area is 287 Å². The van der Waals surface area contributed by atoms with Gasteiger partial charge in [0.25, 0.3) is 5.91 Å². The highest BCUT2D eigenvalue weighted by molar-refractivity contribution is 7.89. The van der Waals surface area contributed by atoms with Crippen molar-refractivity contribution in [2.45, 2.75) is 90.9 Å². The van der Waals surface area contributed by atoms with Crippen LogP contribution in [0, 0.1) is 33.6 Å². The Bertz CT molecular complexity index is 1680. The van der Waals surface area contributed by atoms with Crippen LogP contribution < -0.4 is 15.4 Å². The van der Waals surface area contributed by atoms with Crippen LogP contribution in [0.1, 0.15) is 73.3 Å². The summed E-state index contributed by atoms with van der Waals surface area (Å²) in [4.78, 5) is 28.8. The van der Waals surface area contributed by atoms with Crippen LogP contribution in [0.3, 0.4) is 0 Å². The highest BCUT2D eigenvalue weighted by atomic mass is 32.2. The van der Waals surface area contributed by atoms with Gasteiger partial charge >= 0.3 is 6.03 Å². The molecule has 0 fully saturated rings. The maximum atomic E-state index is 14.4. The van der Waals surface area contributed by atoms with E-state index in [4.69, 9.17) is 18.5 Å². The first-order valence-electron chi connectivity index (χ1n) is 16.4. The van der Waals surface area contributed by atoms with Crippen LogP contribution in [0.2, 0.25) is 0 Å². The Morgan fingerprint density at radius 1 is 1.08 bits per heavy atom. The predicted molar refractivity (Wildman–Crippen MR) is 181 cm³/mol. The quantitative estimate of drug-likeness (QED) is 0.296. The summed E-state index contributed by atoms with van der Waals surface area (Å²) in [5.41, 5.74) is 1.77. The third kappa shape index (κ3) is 8.98.